The van der Waals surface area contributed by atoms with Crippen molar-refractivity contribution in [2.45, 2.75) is 37.9 Å². The molecule has 2 rings (SSSR count). The lowest BCUT2D eigenvalue weighted by atomic mass is 10.2. The number of nitrogens with zero attached hydrogens (tertiary/aromatic N) is 3. The number of unbranched alkanes of at least 4 members (excludes halogenated alkanes) is 2. The van der Waals surface area contributed by atoms with Gasteiger partial charge in [-0.1, -0.05) is 31.5 Å². The molecule has 0 aliphatic heterocycles. The van der Waals surface area contributed by atoms with Crippen LogP contribution in [0.4, 0.5) is 0 Å². The first-order valence-electron chi connectivity index (χ1n) is 6.17. The summed E-state index contributed by atoms with van der Waals surface area (Å²) in [4.78, 5) is 20.6. The van der Waals surface area contributed by atoms with E-state index in [4.69, 9.17) is 0 Å². The molecule has 0 N–H and O–H groups in total. The largest absolute Gasteiger partial charge is 0.293 e. The fourth-order valence-corrected chi connectivity index (χ4v) is 2.23. The Morgan fingerprint density at radius 3 is 2.89 bits per heavy atom. The number of hydrogen-bond donors (Lipinski definition) is 0. The Kier molecular flexibility index (Phi) is 4.36. The van der Waals surface area contributed by atoms with Crippen molar-refractivity contribution in [2.75, 3.05) is 6.26 Å². The van der Waals surface area contributed by atoms with Gasteiger partial charge in [-0.25, -0.2) is 9.97 Å². The molecule has 2 heterocycles. The second kappa shape index (κ2) is 6.00. The molecule has 4 nitrogen and oxygen atoms in total. The molecule has 2 aromatic heterocycles. The molecule has 2 aromatic rings. The molecule has 5 heteroatoms. The molecule has 0 aromatic carbocycles. The predicted molar refractivity (Wildman–Crippen MR) is 75.1 cm³/mol. The highest BCUT2D eigenvalue weighted by atomic mass is 32.2. The molecule has 18 heavy (non-hydrogen) atoms. The Bertz CT molecular complexity index is 594. The van der Waals surface area contributed by atoms with Crippen LogP contribution in [0.5, 0.6) is 0 Å². The summed E-state index contributed by atoms with van der Waals surface area (Å²) in [5.41, 5.74) is 0.766. The van der Waals surface area contributed by atoms with Gasteiger partial charge in [0.1, 0.15) is 5.65 Å². The van der Waals surface area contributed by atoms with Gasteiger partial charge in [-0.05, 0) is 18.7 Å². The molecule has 0 bridgehead atoms. The Balaban J connectivity index is 2.47. The maximum atomic E-state index is 11.9. The van der Waals surface area contributed by atoms with E-state index in [1.165, 1.54) is 11.8 Å². The summed E-state index contributed by atoms with van der Waals surface area (Å²) in [7, 11) is 0. The minimum Gasteiger partial charge on any atom is -0.293 e. The summed E-state index contributed by atoms with van der Waals surface area (Å²) in [5.74, 6) is 0. The number of aryl methyl sites for hydroxylation is 1. The Hall–Kier alpha value is -1.36. The topological polar surface area (TPSA) is 47.8 Å². The van der Waals surface area contributed by atoms with E-state index in [-0.39, 0.29) is 5.56 Å². The summed E-state index contributed by atoms with van der Waals surface area (Å²) in [6, 6.07) is 3.38. The first kappa shape index (κ1) is 13.1. The zero-order chi connectivity index (χ0) is 13.0. The van der Waals surface area contributed by atoms with Crippen LogP contribution in [0.15, 0.2) is 28.3 Å². The van der Waals surface area contributed by atoms with E-state index in [2.05, 4.69) is 16.9 Å². The number of thioether (sulfide) groups is 1. The lowest BCUT2D eigenvalue weighted by molar-refractivity contribution is 0.597. The highest BCUT2D eigenvalue weighted by Crippen LogP contribution is 2.14. The van der Waals surface area contributed by atoms with E-state index in [0.29, 0.717) is 5.16 Å². The molecule has 0 atom stereocenters. The predicted octanol–water partition coefficient (Wildman–Crippen LogP) is 2.70. The first-order chi connectivity index (χ1) is 8.76. The number of fused-ring (bicyclic) bond motifs is 1. The maximum absolute atomic E-state index is 11.9. The molecule has 0 fully saturated rings. The Morgan fingerprint density at radius 2 is 2.17 bits per heavy atom. The van der Waals surface area contributed by atoms with E-state index in [1.807, 2.05) is 6.26 Å². The smallest absolute Gasteiger partial charge is 0.252 e. The first-order valence-corrected chi connectivity index (χ1v) is 7.39. The lowest BCUT2D eigenvalue weighted by Crippen LogP contribution is -2.20. The molecule has 0 unspecified atom stereocenters. The van der Waals surface area contributed by atoms with Gasteiger partial charge in [-0.2, -0.15) is 0 Å². The lowest BCUT2D eigenvalue weighted by Gasteiger charge is -2.09. The molecule has 0 saturated carbocycles. The zero-order valence-corrected chi connectivity index (χ0v) is 11.5. The quantitative estimate of drug-likeness (QED) is 0.473. The van der Waals surface area contributed by atoms with Crippen LogP contribution in [0.25, 0.3) is 11.0 Å². The Labute approximate surface area is 110 Å². The summed E-state index contributed by atoms with van der Waals surface area (Å²) >= 11 is 1.49. The molecule has 0 amide bonds. The Morgan fingerprint density at radius 1 is 1.33 bits per heavy atom. The molecule has 96 valence electrons. The monoisotopic (exact) mass is 263 g/mol. The third kappa shape index (κ3) is 2.72. The summed E-state index contributed by atoms with van der Waals surface area (Å²) in [6.45, 7) is 2.88. The highest BCUT2D eigenvalue weighted by Gasteiger charge is 2.06. The van der Waals surface area contributed by atoms with Gasteiger partial charge in [-0.15, -0.1) is 0 Å². The number of hydrogen-bond acceptors (Lipinski definition) is 4. The second-order valence-corrected chi connectivity index (χ2v) is 4.94. The zero-order valence-electron chi connectivity index (χ0n) is 10.7. The van der Waals surface area contributed by atoms with Crippen LogP contribution in [0, 0.1) is 0 Å². The van der Waals surface area contributed by atoms with Crippen LogP contribution >= 0.6 is 11.8 Å². The number of aromatic nitrogens is 3. The van der Waals surface area contributed by atoms with Gasteiger partial charge in [0, 0.05) is 24.2 Å². The van der Waals surface area contributed by atoms with Gasteiger partial charge in [0.15, 0.2) is 5.16 Å². The number of rotatable bonds is 5. The van der Waals surface area contributed by atoms with Crippen molar-refractivity contribution >= 4 is 22.8 Å². The normalized spacial score (nSPS) is 11.0. The fourth-order valence-electron chi connectivity index (χ4n) is 1.89. The highest BCUT2D eigenvalue weighted by molar-refractivity contribution is 7.98. The molecular formula is C13H17N3OS. The van der Waals surface area contributed by atoms with Gasteiger partial charge >= 0.3 is 0 Å². The molecule has 0 aliphatic rings. The van der Waals surface area contributed by atoms with Crippen LogP contribution in [0.1, 0.15) is 26.2 Å². The minimum atomic E-state index is 0.0179. The fraction of sp³-hybridized carbons (Fsp3) is 0.462. The molecule has 0 spiro atoms. The van der Waals surface area contributed by atoms with E-state index in [0.717, 1.165) is 36.8 Å². The van der Waals surface area contributed by atoms with Gasteiger partial charge in [0.05, 0.1) is 0 Å². The van der Waals surface area contributed by atoms with Crippen molar-refractivity contribution in [1.29, 1.82) is 0 Å². The van der Waals surface area contributed by atoms with E-state index < -0.39 is 0 Å². The van der Waals surface area contributed by atoms with Crippen LogP contribution in [0.3, 0.4) is 0 Å². The van der Waals surface area contributed by atoms with Crippen molar-refractivity contribution < 1.29 is 0 Å². The summed E-state index contributed by atoms with van der Waals surface area (Å²) in [6.07, 6.45) is 7.00. The van der Waals surface area contributed by atoms with Crippen molar-refractivity contribution in [1.82, 2.24) is 14.5 Å². The van der Waals surface area contributed by atoms with E-state index in [9.17, 15) is 4.79 Å². The van der Waals surface area contributed by atoms with E-state index in [1.54, 1.807) is 22.9 Å². The van der Waals surface area contributed by atoms with Gasteiger partial charge in [0.2, 0.25) is 0 Å². The van der Waals surface area contributed by atoms with Crippen molar-refractivity contribution in [3.05, 3.63) is 28.7 Å². The van der Waals surface area contributed by atoms with E-state index >= 15 is 0 Å². The summed E-state index contributed by atoms with van der Waals surface area (Å²) < 4.78 is 1.76. The molecule has 0 radical (unpaired) electrons. The summed E-state index contributed by atoms with van der Waals surface area (Å²) in [5, 5.41) is 1.63. The minimum absolute atomic E-state index is 0.0179. The van der Waals surface area contributed by atoms with Crippen LogP contribution in [0.2, 0.25) is 0 Å². The number of pyridine rings is 1. The van der Waals surface area contributed by atoms with Crippen LogP contribution in [-0.4, -0.2) is 20.8 Å². The third-order valence-electron chi connectivity index (χ3n) is 2.87. The second-order valence-electron chi connectivity index (χ2n) is 4.17. The third-order valence-corrected chi connectivity index (χ3v) is 3.43. The van der Waals surface area contributed by atoms with Crippen LogP contribution in [-0.2, 0) is 6.54 Å². The SMILES string of the molecule is CCCCCn1c(=O)ccc2cnc(SC)nc21. The van der Waals surface area contributed by atoms with Gasteiger partial charge < -0.3 is 0 Å². The van der Waals surface area contributed by atoms with Crippen molar-refractivity contribution in [2.24, 2.45) is 0 Å². The van der Waals surface area contributed by atoms with Crippen molar-refractivity contribution in [3.63, 3.8) is 0 Å². The molecule has 0 aliphatic carbocycles. The molecular weight excluding hydrogens is 246 g/mol. The van der Waals surface area contributed by atoms with Gasteiger partial charge in [-0.3, -0.25) is 9.36 Å². The van der Waals surface area contributed by atoms with Gasteiger partial charge in [0.25, 0.3) is 5.56 Å². The van der Waals surface area contributed by atoms with Crippen LogP contribution < -0.4 is 5.56 Å². The standard InChI is InChI=1S/C13H17N3OS/c1-3-4-5-8-16-11(17)7-6-10-9-14-13(18-2)15-12(10)16/h6-7,9H,3-5,8H2,1-2H3. The van der Waals surface area contributed by atoms with Crippen molar-refractivity contribution in [3.8, 4) is 0 Å². The average molecular weight is 263 g/mol. The average Bonchev–Trinajstić information content (AvgIpc) is 2.41. The maximum Gasteiger partial charge on any atom is 0.252 e. The molecule has 0 saturated heterocycles.